The summed E-state index contributed by atoms with van der Waals surface area (Å²) in [5.41, 5.74) is 2.87. The van der Waals surface area contributed by atoms with Gasteiger partial charge in [0.1, 0.15) is 0 Å². The molecule has 0 radical (unpaired) electrons. The van der Waals surface area contributed by atoms with Gasteiger partial charge in [-0.25, -0.2) is 0 Å². The van der Waals surface area contributed by atoms with Gasteiger partial charge >= 0.3 is 0 Å². The zero-order valence-corrected chi connectivity index (χ0v) is 22.6. The molecule has 2 nitrogen and oxygen atoms in total. The fraction of sp³-hybridized carbons (Fsp3) is 0.935. The molecular weight excluding hydrogens is 404 g/mol. The monoisotopic (exact) mass is 458 g/mol. The Balaban J connectivity index is 1.40. The maximum Gasteiger partial charge on any atom is 0.0697 e. The largest absolute Gasteiger partial charge is 0.394 e. The number of ether oxygens (including phenoxy) is 1. The van der Waals surface area contributed by atoms with E-state index in [2.05, 4.69) is 40.7 Å². The van der Waals surface area contributed by atoms with Crippen LogP contribution in [0.2, 0.25) is 0 Å². The lowest BCUT2D eigenvalue weighted by molar-refractivity contribution is -0.0535. The van der Waals surface area contributed by atoms with E-state index in [4.69, 9.17) is 9.84 Å². The first-order valence-electron chi connectivity index (χ1n) is 14.7. The molecule has 1 N–H and O–H groups in total. The molecule has 3 saturated carbocycles. The van der Waals surface area contributed by atoms with Crippen molar-refractivity contribution in [2.75, 3.05) is 19.8 Å². The fourth-order valence-electron chi connectivity index (χ4n) is 9.42. The first-order valence-corrected chi connectivity index (χ1v) is 14.7. The summed E-state index contributed by atoms with van der Waals surface area (Å²) in [6.07, 6.45) is 19.6. The van der Waals surface area contributed by atoms with Crippen molar-refractivity contribution in [3.05, 3.63) is 11.6 Å². The van der Waals surface area contributed by atoms with Crippen molar-refractivity contribution in [2.45, 2.75) is 112 Å². The van der Waals surface area contributed by atoms with Crippen molar-refractivity contribution >= 4 is 0 Å². The smallest absolute Gasteiger partial charge is 0.0697 e. The standard InChI is InChI=1S/C31H54O2/c1-22(2)7-6-8-23(3)27-11-12-28-26-10-9-25-21-24(15-19-33-20-18-32)13-16-30(25,4)29(26)14-17-31(27,28)5/h9,22-24,26-29,32H,6-8,10-21H2,1-5H3/t23-,24+,26+,27-,28+,29+,30+,31-/m1/s1. The molecule has 0 spiro atoms. The number of aliphatic hydroxyl groups excluding tert-OH is 1. The highest BCUT2D eigenvalue weighted by molar-refractivity contribution is 5.25. The Morgan fingerprint density at radius 1 is 1.00 bits per heavy atom. The maximum atomic E-state index is 8.95. The molecular formula is C31H54O2. The zero-order valence-electron chi connectivity index (χ0n) is 22.6. The molecule has 0 saturated heterocycles. The topological polar surface area (TPSA) is 29.5 Å². The summed E-state index contributed by atoms with van der Waals surface area (Å²) >= 11 is 0. The average molecular weight is 459 g/mol. The van der Waals surface area contributed by atoms with Crippen molar-refractivity contribution in [2.24, 2.45) is 52.3 Å². The number of rotatable bonds is 10. The highest BCUT2D eigenvalue weighted by Crippen LogP contribution is 2.67. The van der Waals surface area contributed by atoms with E-state index < -0.39 is 0 Å². The van der Waals surface area contributed by atoms with Crippen molar-refractivity contribution in [1.82, 2.24) is 0 Å². The van der Waals surface area contributed by atoms with Gasteiger partial charge in [0.15, 0.2) is 0 Å². The highest BCUT2D eigenvalue weighted by atomic mass is 16.5. The van der Waals surface area contributed by atoms with Crippen LogP contribution in [-0.2, 0) is 4.74 Å². The Bertz CT molecular complexity index is 668. The molecule has 3 fully saturated rings. The van der Waals surface area contributed by atoms with Crippen LogP contribution in [0.25, 0.3) is 0 Å². The minimum Gasteiger partial charge on any atom is -0.394 e. The summed E-state index contributed by atoms with van der Waals surface area (Å²) in [6.45, 7) is 14.2. The molecule has 4 aliphatic rings. The Kier molecular flexibility index (Phi) is 8.37. The van der Waals surface area contributed by atoms with E-state index in [0.717, 1.165) is 48.0 Å². The summed E-state index contributed by atoms with van der Waals surface area (Å²) in [4.78, 5) is 0. The second-order valence-electron chi connectivity index (χ2n) is 13.5. The molecule has 0 aromatic rings. The summed E-state index contributed by atoms with van der Waals surface area (Å²) < 4.78 is 5.59. The molecule has 4 aliphatic carbocycles. The number of hydrogen-bond donors (Lipinski definition) is 1. The minimum atomic E-state index is 0.147. The molecule has 4 rings (SSSR count). The maximum absolute atomic E-state index is 8.95. The summed E-state index contributed by atoms with van der Waals surface area (Å²) in [6, 6.07) is 0. The first-order chi connectivity index (χ1) is 15.8. The van der Waals surface area contributed by atoms with Gasteiger partial charge in [0.05, 0.1) is 13.2 Å². The van der Waals surface area contributed by atoms with Crippen LogP contribution in [0.5, 0.6) is 0 Å². The lowest BCUT2D eigenvalue weighted by Gasteiger charge is -2.58. The molecule has 0 amide bonds. The van der Waals surface area contributed by atoms with Gasteiger partial charge in [0.25, 0.3) is 0 Å². The van der Waals surface area contributed by atoms with Gasteiger partial charge in [-0.15, -0.1) is 0 Å². The van der Waals surface area contributed by atoms with E-state index in [1.54, 1.807) is 0 Å². The Morgan fingerprint density at radius 3 is 2.58 bits per heavy atom. The molecule has 0 aromatic carbocycles. The number of allylic oxidation sites excluding steroid dienone is 2. The van der Waals surface area contributed by atoms with Crippen LogP contribution in [0.15, 0.2) is 11.6 Å². The number of hydrogen-bond acceptors (Lipinski definition) is 2. The van der Waals surface area contributed by atoms with Gasteiger partial charge in [0, 0.05) is 6.61 Å². The highest BCUT2D eigenvalue weighted by Gasteiger charge is 2.59. The second-order valence-corrected chi connectivity index (χ2v) is 13.5. The molecule has 0 aliphatic heterocycles. The van der Waals surface area contributed by atoms with Gasteiger partial charge in [-0.3, -0.25) is 0 Å². The van der Waals surface area contributed by atoms with Gasteiger partial charge in [-0.2, -0.15) is 0 Å². The van der Waals surface area contributed by atoms with Crippen LogP contribution in [0.3, 0.4) is 0 Å². The van der Waals surface area contributed by atoms with Crippen molar-refractivity contribution in [3.63, 3.8) is 0 Å². The Labute approximate surface area is 205 Å². The fourth-order valence-corrected chi connectivity index (χ4v) is 9.42. The molecule has 0 unspecified atom stereocenters. The quantitative estimate of drug-likeness (QED) is 0.265. The van der Waals surface area contributed by atoms with E-state index in [1.165, 1.54) is 77.0 Å². The Morgan fingerprint density at radius 2 is 1.82 bits per heavy atom. The van der Waals surface area contributed by atoms with Crippen LogP contribution < -0.4 is 0 Å². The first kappa shape index (κ1) is 25.7. The predicted molar refractivity (Wildman–Crippen MR) is 139 cm³/mol. The lowest BCUT2D eigenvalue weighted by Crippen LogP contribution is -2.50. The average Bonchev–Trinajstić information content (AvgIpc) is 3.14. The van der Waals surface area contributed by atoms with Crippen LogP contribution in [0, 0.1) is 52.3 Å². The van der Waals surface area contributed by atoms with Gasteiger partial charge in [-0.1, -0.05) is 65.5 Å². The minimum absolute atomic E-state index is 0.147. The van der Waals surface area contributed by atoms with Gasteiger partial charge in [-0.05, 0) is 110 Å². The molecule has 0 aromatic heterocycles. The normalized spacial score (nSPS) is 41.3. The SMILES string of the molecule is CC(C)CCC[C@@H](C)[C@H]1CC[C@H]2[C@@H]3CC=C4C[C@H](CCOCCO)CC[C@]4(C)[C@H]3CC[C@]12C. The molecule has 0 bridgehead atoms. The molecule has 33 heavy (non-hydrogen) atoms. The van der Waals surface area contributed by atoms with Gasteiger partial charge < -0.3 is 9.84 Å². The molecule has 190 valence electrons. The van der Waals surface area contributed by atoms with Crippen LogP contribution >= 0.6 is 0 Å². The van der Waals surface area contributed by atoms with E-state index in [0.29, 0.717) is 17.4 Å². The van der Waals surface area contributed by atoms with Crippen LogP contribution in [-0.4, -0.2) is 24.9 Å². The predicted octanol–water partition coefficient (Wildman–Crippen LogP) is 8.04. The van der Waals surface area contributed by atoms with Crippen molar-refractivity contribution in [3.8, 4) is 0 Å². The summed E-state index contributed by atoms with van der Waals surface area (Å²) in [5.74, 6) is 6.34. The van der Waals surface area contributed by atoms with Crippen LogP contribution in [0.1, 0.15) is 112 Å². The second kappa shape index (κ2) is 10.7. The van der Waals surface area contributed by atoms with E-state index in [1.807, 2.05) is 5.57 Å². The summed E-state index contributed by atoms with van der Waals surface area (Å²) in [7, 11) is 0. The number of aliphatic hydroxyl groups is 1. The van der Waals surface area contributed by atoms with Crippen molar-refractivity contribution in [1.29, 1.82) is 0 Å². The lowest BCUT2D eigenvalue weighted by atomic mass is 9.46. The summed E-state index contributed by atoms with van der Waals surface area (Å²) in [5, 5.41) is 8.95. The molecule has 8 atom stereocenters. The Hall–Kier alpha value is -0.340. The van der Waals surface area contributed by atoms with E-state index in [-0.39, 0.29) is 6.61 Å². The van der Waals surface area contributed by atoms with Gasteiger partial charge in [0.2, 0.25) is 0 Å². The molecule has 0 heterocycles. The third-order valence-electron chi connectivity index (χ3n) is 11.3. The zero-order chi connectivity index (χ0) is 23.6. The third kappa shape index (κ3) is 5.13. The number of fused-ring (bicyclic) bond motifs is 5. The molecule has 2 heteroatoms. The van der Waals surface area contributed by atoms with Crippen molar-refractivity contribution < 1.29 is 9.84 Å². The van der Waals surface area contributed by atoms with E-state index >= 15 is 0 Å². The van der Waals surface area contributed by atoms with Crippen LogP contribution in [0.4, 0.5) is 0 Å². The third-order valence-corrected chi connectivity index (χ3v) is 11.3. The van der Waals surface area contributed by atoms with E-state index in [9.17, 15) is 0 Å².